The number of carboxylic acids is 3. The highest BCUT2D eigenvalue weighted by atomic mass is 32.2. The van der Waals surface area contributed by atoms with E-state index in [-0.39, 0.29) is 120 Å². The van der Waals surface area contributed by atoms with Crippen molar-refractivity contribution in [2.24, 2.45) is 68.2 Å². The van der Waals surface area contributed by atoms with Gasteiger partial charge in [0.15, 0.2) is 11.9 Å². The van der Waals surface area contributed by atoms with Crippen LogP contribution >= 0.6 is 11.8 Å². The van der Waals surface area contributed by atoms with Crippen LogP contribution in [0.1, 0.15) is 164 Å². The van der Waals surface area contributed by atoms with Crippen molar-refractivity contribution in [2.75, 3.05) is 38.8 Å². The number of nitrogens with two attached hydrogens (primary N) is 5. The number of carbonyl (C=O) groups is 15. The first-order chi connectivity index (χ1) is 55.1. The molecule has 0 fully saturated rings. The predicted octanol–water partition coefficient (Wildman–Crippen LogP) is -1.53. The Bertz CT molecular complexity index is 3650. The Labute approximate surface area is 688 Å². The number of carboxylic acid groups (broad SMARTS) is 3. The summed E-state index contributed by atoms with van der Waals surface area (Å²) < 4.78 is 0. The van der Waals surface area contributed by atoms with E-state index in [9.17, 15) is 87.2 Å². The van der Waals surface area contributed by atoms with Crippen molar-refractivity contribution in [1.82, 2.24) is 63.4 Å². The standard InChI is InChI=1S/C78H127N19O19S/c1-13-44(8)61(94-66(105)50(28-22-33-84-77(80)81)87-65(104)52(32-35-117-12)86-64(103)49(79)30-31-59(99)100)73(112)93-57(41-98)70(109)88-51(29-23-34-85-78(82)83)67(106)95-63(46(10)15-3)74(113)96-62(45(9)14-2)72(111)91-55(37-43(6)7)75(114)97(11)58(40-60(101)102)71(110)90-54(38-47-24-18-16-19-25-47)69(108)89-53(36-42(4)5)68(107)92-56(76(115)116)39-48-26-20-17-21-27-48/h16-21,24-27,42-46,49-58,61-63,98H,13-15,22-23,28-41,79H2,1-12H3,(H,86,103)(H,87,104)(H,88,109)(H,89,108)(H,90,110)(H,91,111)(H,92,107)(H,93,112)(H,94,105)(H,95,106)(H,96,113)(H,99,100)(H,101,102)(H,115,116)(H4,80,81,84)(H4,82,83,85)/t44-,45-,46-,49-,50-,51-,52-,53-,54-,55-,56-,57-,58-,61-,62-,63-/m0/s1. The monoisotopic (exact) mass is 1670 g/mol. The fourth-order valence-corrected chi connectivity index (χ4v) is 12.6. The minimum absolute atomic E-state index is 0.000838. The van der Waals surface area contributed by atoms with Crippen molar-refractivity contribution < 1.29 is 92.3 Å². The lowest BCUT2D eigenvalue weighted by Crippen LogP contribution is -2.63. The van der Waals surface area contributed by atoms with E-state index in [2.05, 4.69) is 68.5 Å². The number of guanidine groups is 2. The van der Waals surface area contributed by atoms with Crippen molar-refractivity contribution >= 4 is 112 Å². The molecule has 0 aliphatic heterocycles. The van der Waals surface area contributed by atoms with Crippen LogP contribution < -0.4 is 87.2 Å². The maximum atomic E-state index is 15.0. The zero-order chi connectivity index (χ0) is 88.3. The van der Waals surface area contributed by atoms with E-state index in [0.29, 0.717) is 16.9 Å². The van der Waals surface area contributed by atoms with Crippen LogP contribution in [0, 0.1) is 29.6 Å². The van der Waals surface area contributed by atoms with E-state index in [4.69, 9.17) is 33.8 Å². The summed E-state index contributed by atoms with van der Waals surface area (Å²) in [5.41, 5.74) is 29.3. The molecule has 117 heavy (non-hydrogen) atoms. The molecule has 0 bridgehead atoms. The summed E-state index contributed by atoms with van der Waals surface area (Å²) in [7, 11) is 1.14. The molecule has 0 aliphatic rings. The van der Waals surface area contributed by atoms with Gasteiger partial charge in [0.05, 0.1) is 19.1 Å². The number of aliphatic carboxylic acids is 3. The van der Waals surface area contributed by atoms with Crippen molar-refractivity contribution in [1.29, 1.82) is 0 Å². The summed E-state index contributed by atoms with van der Waals surface area (Å²) in [5, 5.41) is 69.1. The van der Waals surface area contributed by atoms with Crippen LogP contribution in [0.4, 0.5) is 0 Å². The van der Waals surface area contributed by atoms with Crippen LogP contribution in [-0.2, 0) is 84.8 Å². The predicted molar refractivity (Wildman–Crippen MR) is 440 cm³/mol. The molecule has 0 aliphatic carbocycles. The van der Waals surface area contributed by atoms with E-state index in [1.54, 1.807) is 136 Å². The molecule has 38 nitrogen and oxygen atoms in total. The Hall–Kier alpha value is -10.7. The summed E-state index contributed by atoms with van der Waals surface area (Å²) in [6.07, 6.45) is 0.269. The number of nitrogens with zero attached hydrogens (tertiary/aromatic N) is 3. The van der Waals surface area contributed by atoms with Crippen molar-refractivity contribution in [3.63, 3.8) is 0 Å². The number of thioether (sulfide) groups is 1. The number of aliphatic hydroxyl groups is 1. The fraction of sp³-hybridized carbons (Fsp3) is 0.628. The van der Waals surface area contributed by atoms with Gasteiger partial charge in [0.2, 0.25) is 70.9 Å². The van der Waals surface area contributed by atoms with Gasteiger partial charge in [-0.25, -0.2) is 4.79 Å². The third-order valence-electron chi connectivity index (χ3n) is 19.6. The maximum absolute atomic E-state index is 15.0. The minimum Gasteiger partial charge on any atom is -0.481 e. The molecular formula is C78H127N19O19S. The van der Waals surface area contributed by atoms with Gasteiger partial charge in [-0.15, -0.1) is 0 Å². The first kappa shape index (κ1) is 102. The second-order valence-electron chi connectivity index (χ2n) is 30.0. The average Bonchev–Trinajstić information content (AvgIpc) is 0.828. The Morgan fingerprint density at radius 1 is 0.427 bits per heavy atom. The van der Waals surface area contributed by atoms with Gasteiger partial charge in [-0.2, -0.15) is 11.8 Å². The van der Waals surface area contributed by atoms with Crippen LogP contribution in [0.5, 0.6) is 0 Å². The highest BCUT2D eigenvalue weighted by Crippen LogP contribution is 2.20. The highest BCUT2D eigenvalue weighted by Gasteiger charge is 2.41. The van der Waals surface area contributed by atoms with Crippen molar-refractivity contribution in [2.45, 2.75) is 244 Å². The quantitative estimate of drug-likeness (QED) is 0.0203. The smallest absolute Gasteiger partial charge is 0.326 e. The number of likely N-dealkylation sites (N-methyl/N-ethyl adjacent to an activating group) is 1. The lowest BCUT2D eigenvalue weighted by atomic mass is 9.94. The summed E-state index contributed by atoms with van der Waals surface area (Å²) in [6, 6.07) is -2.42. The van der Waals surface area contributed by atoms with Gasteiger partial charge < -0.3 is 112 Å². The third-order valence-corrected chi connectivity index (χ3v) is 20.2. The molecule has 39 heteroatoms. The Kier molecular flexibility index (Phi) is 46.8. The maximum Gasteiger partial charge on any atom is 0.326 e. The summed E-state index contributed by atoms with van der Waals surface area (Å²) in [4.78, 5) is 218. The molecule has 654 valence electrons. The molecule has 0 radical (unpaired) electrons. The van der Waals surface area contributed by atoms with Gasteiger partial charge in [0, 0.05) is 39.4 Å². The lowest BCUT2D eigenvalue weighted by molar-refractivity contribution is -0.148. The number of amides is 12. The first-order valence-electron chi connectivity index (χ1n) is 39.4. The van der Waals surface area contributed by atoms with Crippen LogP contribution in [0.15, 0.2) is 70.6 Å². The summed E-state index contributed by atoms with van der Waals surface area (Å²) in [6.45, 7) is 15.9. The summed E-state index contributed by atoms with van der Waals surface area (Å²) in [5.74, 6) is -18.2. The SMILES string of the molecule is CC[C@H](C)[C@H](NC(=O)[C@H](CCCN=C(N)N)NC(=O)[C@H](CCSC)NC(=O)[C@@H](N)CCC(=O)O)C(=O)N[C@@H](CO)C(=O)N[C@@H](CCCN=C(N)N)C(=O)N[C@H](C(=O)N[C@H](C(=O)N[C@@H](CC(C)C)C(=O)N(C)[C@@H](CC(=O)O)C(=O)N[C@@H](Cc1ccccc1)C(=O)N[C@@H](CC(C)C)C(=O)N[C@@H](Cc1ccccc1)C(=O)O)[C@@H](C)CC)[C@@H](C)CC. The van der Waals surface area contributed by atoms with E-state index in [1.807, 2.05) is 0 Å². The zero-order valence-corrected chi connectivity index (χ0v) is 70.0. The third kappa shape index (κ3) is 37.8. The molecule has 0 saturated heterocycles. The Morgan fingerprint density at radius 2 is 0.778 bits per heavy atom. The topological polar surface area (TPSA) is 627 Å². The molecule has 0 heterocycles. The number of aliphatic imine (C=N–C) groups is 2. The fourth-order valence-electron chi connectivity index (χ4n) is 12.1. The van der Waals surface area contributed by atoms with Crippen LogP contribution in [0.3, 0.4) is 0 Å². The molecular weight excluding hydrogens is 1540 g/mol. The molecule has 0 aromatic heterocycles. The average molecular weight is 1670 g/mol. The van der Waals surface area contributed by atoms with Gasteiger partial charge >= 0.3 is 17.9 Å². The van der Waals surface area contributed by atoms with E-state index < -0.39 is 205 Å². The van der Waals surface area contributed by atoms with Crippen LogP contribution in [-0.4, -0.2) is 243 Å². The normalized spacial score (nSPS) is 15.3. The number of hydrogen-bond donors (Lipinski definition) is 20. The van der Waals surface area contributed by atoms with Gasteiger partial charge in [-0.3, -0.25) is 77.1 Å². The number of nitrogens with one attached hydrogen (secondary N) is 11. The van der Waals surface area contributed by atoms with Gasteiger partial charge in [0.1, 0.15) is 72.5 Å². The van der Waals surface area contributed by atoms with Gasteiger partial charge in [0.25, 0.3) is 0 Å². The molecule has 16 atom stereocenters. The number of hydrogen-bond acceptors (Lipinski definition) is 20. The van der Waals surface area contributed by atoms with E-state index in [1.165, 1.54) is 11.8 Å². The molecule has 2 rings (SSSR count). The molecule has 2 aromatic rings. The van der Waals surface area contributed by atoms with E-state index >= 15 is 0 Å². The second kappa shape index (κ2) is 53.5. The largest absolute Gasteiger partial charge is 0.481 e. The van der Waals surface area contributed by atoms with Crippen molar-refractivity contribution in [3.8, 4) is 0 Å². The van der Waals surface area contributed by atoms with E-state index in [0.717, 1.165) is 11.9 Å². The molecule has 25 N–H and O–H groups in total. The number of rotatable bonds is 56. The summed E-state index contributed by atoms with van der Waals surface area (Å²) >= 11 is 1.34. The Balaban J connectivity index is 2.58. The zero-order valence-electron chi connectivity index (χ0n) is 69.2. The number of aliphatic hydroxyl groups excluding tert-OH is 1. The number of benzene rings is 2. The van der Waals surface area contributed by atoms with Gasteiger partial charge in [-0.05, 0) is 104 Å². The molecule has 0 spiro atoms. The molecule has 0 unspecified atom stereocenters. The van der Waals surface area contributed by atoms with Crippen LogP contribution in [0.2, 0.25) is 0 Å². The molecule has 12 amide bonds. The molecule has 2 aromatic carbocycles. The molecule has 0 saturated carbocycles. The Morgan fingerprint density at radius 3 is 1.19 bits per heavy atom. The second-order valence-corrected chi connectivity index (χ2v) is 31.0. The minimum atomic E-state index is -1.85. The lowest BCUT2D eigenvalue weighted by Gasteiger charge is -2.34. The highest BCUT2D eigenvalue weighted by molar-refractivity contribution is 7.98. The number of carbonyl (C=O) groups excluding carboxylic acids is 12. The van der Waals surface area contributed by atoms with Crippen LogP contribution in [0.25, 0.3) is 0 Å². The van der Waals surface area contributed by atoms with Crippen molar-refractivity contribution in [3.05, 3.63) is 71.8 Å². The van der Waals surface area contributed by atoms with Gasteiger partial charge in [-0.1, -0.05) is 149 Å². The first-order valence-corrected chi connectivity index (χ1v) is 40.8.